The van der Waals surface area contributed by atoms with Crippen LogP contribution in [0.4, 0.5) is 17.3 Å². The van der Waals surface area contributed by atoms with Crippen molar-refractivity contribution in [3.8, 4) is 0 Å². The molecule has 7 heteroatoms. The van der Waals surface area contributed by atoms with Crippen LogP contribution in [0.2, 0.25) is 0 Å². The monoisotopic (exact) mass is 402 g/mol. The lowest BCUT2D eigenvalue weighted by molar-refractivity contribution is 0.728. The number of hydrogen-bond acceptors (Lipinski definition) is 7. The van der Waals surface area contributed by atoms with Crippen molar-refractivity contribution in [2.24, 2.45) is 5.84 Å². The van der Waals surface area contributed by atoms with E-state index in [1.807, 2.05) is 41.7 Å². The molecule has 0 spiro atoms. The van der Waals surface area contributed by atoms with Crippen molar-refractivity contribution in [3.63, 3.8) is 0 Å². The van der Waals surface area contributed by atoms with Crippen molar-refractivity contribution in [1.29, 1.82) is 0 Å². The van der Waals surface area contributed by atoms with E-state index in [4.69, 9.17) is 16.6 Å². The van der Waals surface area contributed by atoms with Gasteiger partial charge in [-0.1, -0.05) is 12.1 Å². The lowest BCUT2D eigenvalue weighted by atomic mass is 10.1. The standard InChI is InChI=1S/C22H22N6S/c23-18-4-6-21(27-10-7-20-17(14-27)8-11-29-20)26-22(18)28(24)13-15-3-5-19-16(12-15)2-1-9-25-19/h1-6,8-9,11-12H,7,10,13-14,23-24H2. The Morgan fingerprint density at radius 2 is 2.07 bits per heavy atom. The number of aromatic nitrogens is 2. The molecule has 0 fully saturated rings. The van der Waals surface area contributed by atoms with Gasteiger partial charge in [-0.3, -0.25) is 9.99 Å². The number of anilines is 3. The van der Waals surface area contributed by atoms with Gasteiger partial charge in [0.2, 0.25) is 0 Å². The molecule has 0 saturated carbocycles. The molecule has 0 unspecified atom stereocenters. The number of thiophene rings is 1. The summed E-state index contributed by atoms with van der Waals surface area (Å²) in [5, 5.41) is 4.88. The average Bonchev–Trinajstić information content (AvgIpc) is 3.22. The molecule has 4 aromatic rings. The van der Waals surface area contributed by atoms with E-state index in [0.29, 0.717) is 18.1 Å². The van der Waals surface area contributed by atoms with E-state index >= 15 is 0 Å². The maximum Gasteiger partial charge on any atom is 0.168 e. The van der Waals surface area contributed by atoms with E-state index in [2.05, 4.69) is 33.5 Å². The Morgan fingerprint density at radius 3 is 3.00 bits per heavy atom. The van der Waals surface area contributed by atoms with E-state index < -0.39 is 0 Å². The van der Waals surface area contributed by atoms with Crippen molar-refractivity contribution in [2.45, 2.75) is 19.5 Å². The van der Waals surface area contributed by atoms with Crippen molar-refractivity contribution < 1.29 is 0 Å². The van der Waals surface area contributed by atoms with Gasteiger partial charge >= 0.3 is 0 Å². The fourth-order valence-electron chi connectivity index (χ4n) is 3.79. The van der Waals surface area contributed by atoms with Gasteiger partial charge in [0, 0.05) is 29.5 Å². The SMILES string of the molecule is Nc1ccc(N2CCc3sccc3C2)nc1N(N)Cc1ccc2ncccc2c1. The highest BCUT2D eigenvalue weighted by Gasteiger charge is 2.20. The molecule has 4 N–H and O–H groups in total. The normalized spacial score (nSPS) is 13.5. The number of nitrogens with zero attached hydrogens (tertiary/aromatic N) is 4. The molecule has 146 valence electrons. The fourth-order valence-corrected chi connectivity index (χ4v) is 4.68. The highest BCUT2D eigenvalue weighted by Crippen LogP contribution is 2.30. The molecule has 1 aliphatic rings. The second-order valence-corrected chi connectivity index (χ2v) is 8.28. The molecule has 0 amide bonds. The van der Waals surface area contributed by atoms with Gasteiger partial charge in [-0.05, 0) is 59.3 Å². The zero-order chi connectivity index (χ0) is 19.8. The first-order valence-electron chi connectivity index (χ1n) is 9.60. The third-order valence-corrected chi connectivity index (χ3v) is 6.34. The number of benzene rings is 1. The van der Waals surface area contributed by atoms with Gasteiger partial charge in [0.15, 0.2) is 5.82 Å². The number of nitrogens with two attached hydrogens (primary N) is 2. The number of hydrogen-bond donors (Lipinski definition) is 2. The smallest absolute Gasteiger partial charge is 0.168 e. The molecule has 4 heterocycles. The van der Waals surface area contributed by atoms with Gasteiger partial charge in [0.05, 0.1) is 17.7 Å². The molecular formula is C22H22N6S. The first kappa shape index (κ1) is 17.9. The largest absolute Gasteiger partial charge is 0.396 e. The Labute approximate surface area is 173 Å². The van der Waals surface area contributed by atoms with Gasteiger partial charge in [-0.15, -0.1) is 11.3 Å². The second-order valence-electron chi connectivity index (χ2n) is 7.28. The lowest BCUT2D eigenvalue weighted by Gasteiger charge is -2.29. The maximum atomic E-state index is 6.39. The van der Waals surface area contributed by atoms with Crippen molar-refractivity contribution in [2.75, 3.05) is 22.2 Å². The van der Waals surface area contributed by atoms with Crippen LogP contribution in [0.3, 0.4) is 0 Å². The van der Waals surface area contributed by atoms with Gasteiger partial charge in [0.25, 0.3) is 0 Å². The summed E-state index contributed by atoms with van der Waals surface area (Å²) in [6.45, 7) is 2.34. The van der Waals surface area contributed by atoms with Crippen LogP contribution >= 0.6 is 11.3 Å². The summed E-state index contributed by atoms with van der Waals surface area (Å²) >= 11 is 1.84. The third-order valence-electron chi connectivity index (χ3n) is 5.31. The van der Waals surface area contributed by atoms with Crippen LogP contribution in [-0.4, -0.2) is 16.5 Å². The molecule has 0 bridgehead atoms. The number of hydrazine groups is 1. The molecular weight excluding hydrogens is 380 g/mol. The molecule has 5 rings (SSSR count). The van der Waals surface area contributed by atoms with Gasteiger partial charge in [-0.25, -0.2) is 10.8 Å². The lowest BCUT2D eigenvalue weighted by Crippen LogP contribution is -2.34. The number of fused-ring (bicyclic) bond motifs is 2. The molecule has 0 atom stereocenters. The summed E-state index contributed by atoms with van der Waals surface area (Å²) in [4.78, 5) is 12.9. The topological polar surface area (TPSA) is 84.3 Å². The Bertz CT molecular complexity index is 1170. The first-order valence-corrected chi connectivity index (χ1v) is 10.5. The zero-order valence-corrected chi connectivity index (χ0v) is 16.8. The number of nitrogen functional groups attached to an aromatic ring is 1. The summed E-state index contributed by atoms with van der Waals surface area (Å²) in [5.74, 6) is 7.90. The molecule has 0 aliphatic carbocycles. The van der Waals surface area contributed by atoms with Crippen LogP contribution in [0.15, 0.2) is 60.1 Å². The van der Waals surface area contributed by atoms with Crippen LogP contribution in [0.5, 0.6) is 0 Å². The minimum Gasteiger partial charge on any atom is -0.396 e. The zero-order valence-electron chi connectivity index (χ0n) is 16.0. The summed E-state index contributed by atoms with van der Waals surface area (Å²) in [5.41, 5.74) is 10.2. The van der Waals surface area contributed by atoms with Gasteiger partial charge in [-0.2, -0.15) is 0 Å². The van der Waals surface area contributed by atoms with Crippen LogP contribution in [-0.2, 0) is 19.5 Å². The Kier molecular flexibility index (Phi) is 4.54. The highest BCUT2D eigenvalue weighted by atomic mass is 32.1. The van der Waals surface area contributed by atoms with E-state index in [1.165, 1.54) is 10.4 Å². The fraction of sp³-hybridized carbons (Fsp3) is 0.182. The quantitative estimate of drug-likeness (QED) is 0.400. The van der Waals surface area contributed by atoms with Crippen LogP contribution in [0.1, 0.15) is 16.0 Å². The average molecular weight is 403 g/mol. The van der Waals surface area contributed by atoms with Crippen molar-refractivity contribution in [1.82, 2.24) is 9.97 Å². The summed E-state index contributed by atoms with van der Waals surface area (Å²) in [6.07, 6.45) is 2.85. The third kappa shape index (κ3) is 3.50. The minimum atomic E-state index is 0.514. The van der Waals surface area contributed by atoms with E-state index in [0.717, 1.165) is 41.8 Å². The number of rotatable bonds is 4. The van der Waals surface area contributed by atoms with Gasteiger partial charge < -0.3 is 10.6 Å². The first-order chi connectivity index (χ1) is 14.2. The predicted octanol–water partition coefficient (Wildman–Crippen LogP) is 3.72. The van der Waals surface area contributed by atoms with E-state index in [9.17, 15) is 0 Å². The van der Waals surface area contributed by atoms with Crippen LogP contribution in [0, 0.1) is 0 Å². The Morgan fingerprint density at radius 1 is 1.14 bits per heavy atom. The highest BCUT2D eigenvalue weighted by molar-refractivity contribution is 7.10. The molecule has 3 aromatic heterocycles. The van der Waals surface area contributed by atoms with Gasteiger partial charge in [0.1, 0.15) is 5.82 Å². The van der Waals surface area contributed by atoms with Crippen LogP contribution < -0.4 is 21.5 Å². The molecule has 1 aromatic carbocycles. The summed E-state index contributed by atoms with van der Waals surface area (Å²) < 4.78 is 0. The van der Waals surface area contributed by atoms with E-state index in [-0.39, 0.29) is 0 Å². The maximum absolute atomic E-state index is 6.39. The molecule has 0 radical (unpaired) electrons. The number of pyridine rings is 2. The summed E-state index contributed by atoms with van der Waals surface area (Å²) in [6, 6.07) is 16.2. The van der Waals surface area contributed by atoms with Crippen molar-refractivity contribution >= 4 is 39.6 Å². The Hall–Kier alpha value is -3.16. The summed E-state index contributed by atoms with van der Waals surface area (Å²) in [7, 11) is 0. The predicted molar refractivity (Wildman–Crippen MR) is 120 cm³/mol. The Balaban J connectivity index is 1.39. The molecule has 6 nitrogen and oxygen atoms in total. The van der Waals surface area contributed by atoms with Crippen molar-refractivity contribution in [3.05, 3.63) is 76.1 Å². The minimum absolute atomic E-state index is 0.514. The van der Waals surface area contributed by atoms with Crippen LogP contribution in [0.25, 0.3) is 10.9 Å². The molecule has 29 heavy (non-hydrogen) atoms. The molecule has 0 saturated heterocycles. The molecule has 1 aliphatic heterocycles. The second kappa shape index (κ2) is 7.35. The van der Waals surface area contributed by atoms with E-state index in [1.54, 1.807) is 11.2 Å².